The highest BCUT2D eigenvalue weighted by Crippen LogP contribution is 2.24. The van der Waals surface area contributed by atoms with Gasteiger partial charge in [0.15, 0.2) is 5.69 Å². The number of carbonyl (C=O) groups excluding carboxylic acids is 1. The van der Waals surface area contributed by atoms with Crippen LogP contribution in [0.5, 0.6) is 0 Å². The van der Waals surface area contributed by atoms with Gasteiger partial charge in [-0.05, 0) is 29.5 Å². The van der Waals surface area contributed by atoms with Crippen LogP contribution in [0.2, 0.25) is 0 Å². The number of nitrogens with zero attached hydrogens (tertiary/aromatic N) is 3. The van der Waals surface area contributed by atoms with E-state index in [0.29, 0.717) is 13.1 Å². The van der Waals surface area contributed by atoms with Crippen molar-refractivity contribution in [3.8, 4) is 0 Å². The Kier molecular flexibility index (Phi) is 4.04. The molecule has 0 saturated carbocycles. The van der Waals surface area contributed by atoms with Crippen LogP contribution in [0.3, 0.4) is 0 Å². The van der Waals surface area contributed by atoms with E-state index in [9.17, 15) is 19.5 Å². The fourth-order valence-electron chi connectivity index (χ4n) is 3.19. The van der Waals surface area contributed by atoms with Gasteiger partial charge >= 0.3 is 5.97 Å². The van der Waals surface area contributed by atoms with Crippen LogP contribution in [-0.2, 0) is 24.3 Å². The van der Waals surface area contributed by atoms with Crippen molar-refractivity contribution in [1.29, 1.82) is 0 Å². The molecule has 0 fully saturated rings. The van der Waals surface area contributed by atoms with Crippen molar-refractivity contribution in [3.63, 3.8) is 0 Å². The smallest absolute Gasteiger partial charge is 0.357 e. The zero-order valence-corrected chi connectivity index (χ0v) is 14.5. The van der Waals surface area contributed by atoms with Crippen LogP contribution in [0.1, 0.15) is 20.9 Å². The van der Waals surface area contributed by atoms with E-state index in [0.717, 1.165) is 16.7 Å². The molecule has 1 aliphatic heterocycles. The fraction of sp³-hybridized carbons (Fsp3) is 0.222. The molecule has 1 amide bonds. The highest BCUT2D eigenvalue weighted by molar-refractivity contribution is 7.10. The molecule has 26 heavy (non-hydrogen) atoms. The molecular formula is C18H15N3O4S. The van der Waals surface area contributed by atoms with E-state index in [1.54, 1.807) is 40.5 Å². The average Bonchev–Trinajstić information content (AvgIpc) is 3.11. The Bertz CT molecular complexity index is 1090. The summed E-state index contributed by atoms with van der Waals surface area (Å²) < 4.78 is 0.956. The lowest BCUT2D eigenvalue weighted by Gasteiger charge is -2.27. The van der Waals surface area contributed by atoms with Gasteiger partial charge < -0.3 is 10.0 Å². The number of rotatable bonds is 3. The first-order valence-corrected chi connectivity index (χ1v) is 8.98. The third kappa shape index (κ3) is 2.78. The van der Waals surface area contributed by atoms with Crippen molar-refractivity contribution in [3.05, 3.63) is 62.2 Å². The van der Waals surface area contributed by atoms with Gasteiger partial charge in [0.1, 0.15) is 6.54 Å². The lowest BCUT2D eigenvalue weighted by atomic mass is 10.1. The molecule has 1 aliphatic rings. The molecule has 0 bridgehead atoms. The topological polar surface area (TPSA) is 92.5 Å². The molecule has 8 heteroatoms. The molecule has 0 atom stereocenters. The van der Waals surface area contributed by atoms with E-state index in [4.69, 9.17) is 0 Å². The van der Waals surface area contributed by atoms with Crippen molar-refractivity contribution in [1.82, 2.24) is 14.7 Å². The Labute approximate surface area is 152 Å². The van der Waals surface area contributed by atoms with Crippen molar-refractivity contribution >= 4 is 34.0 Å². The lowest BCUT2D eigenvalue weighted by Crippen LogP contribution is -2.40. The third-order valence-corrected chi connectivity index (χ3v) is 5.54. The second kappa shape index (κ2) is 6.38. The van der Waals surface area contributed by atoms with Gasteiger partial charge in [0.25, 0.3) is 5.56 Å². The summed E-state index contributed by atoms with van der Waals surface area (Å²) in [6, 6.07) is 8.40. The highest BCUT2D eigenvalue weighted by atomic mass is 32.1. The standard InChI is InChI=1S/C18H15N3O4S/c22-15(20-7-5-14-11(9-20)6-8-26-14)10-21-17(23)13-4-2-1-3-12(13)16(19-21)18(24)25/h1-4,6,8H,5,7,9-10H2,(H,24,25). The number of thiophene rings is 1. The van der Waals surface area contributed by atoms with Crippen LogP contribution in [0, 0.1) is 0 Å². The molecular weight excluding hydrogens is 354 g/mol. The van der Waals surface area contributed by atoms with Gasteiger partial charge in [-0.2, -0.15) is 5.10 Å². The third-order valence-electron chi connectivity index (χ3n) is 4.52. The molecule has 2 aromatic heterocycles. The normalized spacial score (nSPS) is 13.6. The maximum Gasteiger partial charge on any atom is 0.357 e. The summed E-state index contributed by atoms with van der Waals surface area (Å²) >= 11 is 1.68. The molecule has 1 aromatic carbocycles. The van der Waals surface area contributed by atoms with Crippen LogP contribution in [0.15, 0.2) is 40.5 Å². The fourth-order valence-corrected chi connectivity index (χ4v) is 4.08. The second-order valence-electron chi connectivity index (χ2n) is 6.10. The van der Waals surface area contributed by atoms with Gasteiger partial charge in [-0.25, -0.2) is 9.48 Å². The molecule has 4 rings (SSSR count). The first-order valence-electron chi connectivity index (χ1n) is 8.11. The summed E-state index contributed by atoms with van der Waals surface area (Å²) in [6.07, 6.45) is 0.791. The number of carboxylic acids is 1. The maximum atomic E-state index is 12.7. The van der Waals surface area contributed by atoms with Crippen LogP contribution in [0.25, 0.3) is 10.8 Å². The molecule has 3 heterocycles. The molecule has 1 N–H and O–H groups in total. The molecule has 0 radical (unpaired) electrons. The number of fused-ring (bicyclic) bond motifs is 2. The van der Waals surface area contributed by atoms with Crippen molar-refractivity contribution in [2.45, 2.75) is 19.5 Å². The van der Waals surface area contributed by atoms with Crippen molar-refractivity contribution < 1.29 is 14.7 Å². The van der Waals surface area contributed by atoms with Gasteiger partial charge in [0.2, 0.25) is 5.91 Å². The van der Waals surface area contributed by atoms with E-state index >= 15 is 0 Å². The Morgan fingerprint density at radius 3 is 2.73 bits per heavy atom. The van der Waals surface area contributed by atoms with E-state index in [1.807, 2.05) is 11.4 Å². The minimum Gasteiger partial charge on any atom is -0.476 e. The summed E-state index contributed by atoms with van der Waals surface area (Å²) in [5, 5.41) is 15.8. The Hall–Kier alpha value is -3.00. The van der Waals surface area contributed by atoms with Crippen LogP contribution >= 0.6 is 11.3 Å². The minimum atomic E-state index is -1.23. The average molecular weight is 369 g/mol. The van der Waals surface area contributed by atoms with E-state index < -0.39 is 11.5 Å². The van der Waals surface area contributed by atoms with Gasteiger partial charge in [-0.3, -0.25) is 9.59 Å². The largest absolute Gasteiger partial charge is 0.476 e. The number of carboxylic acid groups (broad SMARTS) is 1. The monoisotopic (exact) mass is 369 g/mol. The van der Waals surface area contributed by atoms with Crippen LogP contribution in [-0.4, -0.2) is 38.2 Å². The van der Waals surface area contributed by atoms with E-state index in [2.05, 4.69) is 5.10 Å². The lowest BCUT2D eigenvalue weighted by molar-refractivity contribution is -0.133. The number of hydrogen-bond donors (Lipinski definition) is 1. The van der Waals surface area contributed by atoms with Gasteiger partial charge in [-0.15, -0.1) is 11.3 Å². The summed E-state index contributed by atoms with van der Waals surface area (Å²) in [5.41, 5.74) is 0.429. The summed E-state index contributed by atoms with van der Waals surface area (Å²) in [7, 11) is 0. The van der Waals surface area contributed by atoms with Gasteiger partial charge in [0.05, 0.1) is 5.39 Å². The number of carbonyl (C=O) groups is 2. The SMILES string of the molecule is O=C(O)c1nn(CC(=O)N2CCc3sccc3C2)c(=O)c2ccccc12. The zero-order chi connectivity index (χ0) is 18.3. The number of aromatic nitrogens is 2. The minimum absolute atomic E-state index is 0.230. The molecule has 0 aliphatic carbocycles. The zero-order valence-electron chi connectivity index (χ0n) is 13.7. The van der Waals surface area contributed by atoms with E-state index in [1.165, 1.54) is 4.88 Å². The number of amides is 1. The summed E-state index contributed by atoms with van der Waals surface area (Å²) in [4.78, 5) is 39.7. The second-order valence-corrected chi connectivity index (χ2v) is 7.10. The first-order chi connectivity index (χ1) is 12.5. The molecule has 0 saturated heterocycles. The van der Waals surface area contributed by atoms with E-state index in [-0.39, 0.29) is 28.9 Å². The number of benzene rings is 1. The van der Waals surface area contributed by atoms with Gasteiger partial charge in [0, 0.05) is 23.4 Å². The quantitative estimate of drug-likeness (QED) is 0.759. The predicted molar refractivity (Wildman–Crippen MR) is 96.4 cm³/mol. The predicted octanol–water partition coefficient (Wildman–Crippen LogP) is 1.74. The summed E-state index contributed by atoms with van der Waals surface area (Å²) in [5.74, 6) is -1.48. The molecule has 3 aromatic rings. The number of hydrogen-bond acceptors (Lipinski definition) is 5. The van der Waals surface area contributed by atoms with Crippen LogP contribution < -0.4 is 5.56 Å². The maximum absolute atomic E-state index is 12.7. The first kappa shape index (κ1) is 16.5. The molecule has 0 unspecified atom stereocenters. The van der Waals surface area contributed by atoms with Crippen molar-refractivity contribution in [2.24, 2.45) is 0 Å². The highest BCUT2D eigenvalue weighted by Gasteiger charge is 2.23. The Balaban J connectivity index is 1.67. The Morgan fingerprint density at radius 1 is 1.19 bits per heavy atom. The Morgan fingerprint density at radius 2 is 1.96 bits per heavy atom. The molecule has 7 nitrogen and oxygen atoms in total. The number of aromatic carboxylic acids is 1. The van der Waals surface area contributed by atoms with Gasteiger partial charge in [-0.1, -0.05) is 18.2 Å². The molecule has 132 valence electrons. The van der Waals surface area contributed by atoms with Crippen molar-refractivity contribution in [2.75, 3.05) is 6.54 Å². The molecule has 0 spiro atoms. The van der Waals surface area contributed by atoms with Crippen LogP contribution in [0.4, 0.5) is 0 Å². The summed E-state index contributed by atoms with van der Waals surface area (Å²) in [6.45, 7) is 0.815.